The molecule has 3 fully saturated rings. The molecule has 2 aliphatic carbocycles. The van der Waals surface area contributed by atoms with Crippen LogP contribution in [-0.2, 0) is 23.2 Å². The number of hydrogen-bond donors (Lipinski definition) is 2. The highest BCUT2D eigenvalue weighted by Gasteiger charge is 2.63. The van der Waals surface area contributed by atoms with E-state index in [1.54, 1.807) is 16.9 Å². The summed E-state index contributed by atoms with van der Waals surface area (Å²) < 4.78 is 1.80. The van der Waals surface area contributed by atoms with Gasteiger partial charge in [-0.1, -0.05) is 6.07 Å². The highest BCUT2D eigenvalue weighted by atomic mass is 16.3. The van der Waals surface area contributed by atoms with Gasteiger partial charge < -0.3 is 15.1 Å². The average molecular weight is 451 g/mol. The summed E-state index contributed by atoms with van der Waals surface area (Å²) >= 11 is 0. The van der Waals surface area contributed by atoms with Crippen LogP contribution >= 0.6 is 0 Å². The molecule has 176 valence electrons. The Bertz CT molecular complexity index is 1040. The van der Waals surface area contributed by atoms with E-state index in [-0.39, 0.29) is 17.7 Å². The normalized spacial score (nSPS) is 31.5. The van der Waals surface area contributed by atoms with Crippen LogP contribution in [-0.4, -0.2) is 73.5 Å². The molecule has 3 atom stereocenters. The molecule has 2 bridgehead atoms. The Morgan fingerprint density at radius 3 is 2.76 bits per heavy atom. The van der Waals surface area contributed by atoms with Gasteiger partial charge >= 0.3 is 0 Å². The van der Waals surface area contributed by atoms with Crippen LogP contribution in [0.5, 0.6) is 5.75 Å². The number of phenols is 1. The zero-order valence-electron chi connectivity index (χ0n) is 19.2. The van der Waals surface area contributed by atoms with Gasteiger partial charge in [0.15, 0.2) is 0 Å². The highest BCUT2D eigenvalue weighted by Crippen LogP contribution is 2.56. The van der Waals surface area contributed by atoms with E-state index in [0.717, 1.165) is 43.8 Å². The Balaban J connectivity index is 1.30. The second-order valence-electron chi connectivity index (χ2n) is 10.7. The van der Waals surface area contributed by atoms with Crippen molar-refractivity contribution in [3.8, 4) is 5.75 Å². The van der Waals surface area contributed by atoms with Gasteiger partial charge in [0.25, 0.3) is 0 Å². The maximum atomic E-state index is 13.1. The average Bonchev–Trinajstić information content (AvgIpc) is 3.50. The zero-order valence-corrected chi connectivity index (χ0v) is 19.2. The number of amides is 1. The number of hydrogen-bond acceptors (Lipinski definition) is 5. The van der Waals surface area contributed by atoms with Crippen molar-refractivity contribution in [2.45, 2.75) is 68.5 Å². The number of aromatic nitrogens is 2. The van der Waals surface area contributed by atoms with E-state index in [0.29, 0.717) is 32.5 Å². The van der Waals surface area contributed by atoms with Crippen LogP contribution in [0.15, 0.2) is 36.7 Å². The molecule has 2 aromatic rings. The Morgan fingerprint density at radius 2 is 1.97 bits per heavy atom. The molecule has 1 aromatic heterocycles. The first kappa shape index (κ1) is 21.2. The predicted molar refractivity (Wildman–Crippen MR) is 124 cm³/mol. The lowest BCUT2D eigenvalue weighted by atomic mass is 9.52. The molecule has 4 aliphatic rings. The van der Waals surface area contributed by atoms with E-state index in [2.05, 4.69) is 16.1 Å². The maximum Gasteiger partial charge on any atom is 0.224 e. The molecule has 7 nitrogen and oxygen atoms in total. The Hall–Kier alpha value is -2.38. The number of carbonyl (C=O) groups excluding carboxylic acids is 1. The van der Waals surface area contributed by atoms with Crippen molar-refractivity contribution in [1.82, 2.24) is 19.6 Å². The first-order valence-electron chi connectivity index (χ1n) is 12.5. The SMILES string of the molecule is O=C(CCn1cccn1)N1CC[C@]23CCN(CC4CC4)C(Cc4ccc(O)cc42)[C@]3(O)CC1. The molecule has 1 unspecified atom stereocenters. The van der Waals surface area contributed by atoms with Crippen LogP contribution in [0, 0.1) is 5.92 Å². The molecule has 1 saturated carbocycles. The summed E-state index contributed by atoms with van der Waals surface area (Å²) in [5, 5.41) is 27.0. The smallest absolute Gasteiger partial charge is 0.224 e. The molecule has 1 aromatic carbocycles. The molecule has 2 saturated heterocycles. The molecule has 2 N–H and O–H groups in total. The van der Waals surface area contributed by atoms with Gasteiger partial charge in [0.1, 0.15) is 5.75 Å². The summed E-state index contributed by atoms with van der Waals surface area (Å²) in [6.07, 6.45) is 9.64. The van der Waals surface area contributed by atoms with Gasteiger partial charge in [-0.25, -0.2) is 0 Å². The monoisotopic (exact) mass is 450 g/mol. The van der Waals surface area contributed by atoms with Crippen LogP contribution in [0.4, 0.5) is 0 Å². The Kier molecular flexibility index (Phi) is 5.03. The quantitative estimate of drug-likeness (QED) is 0.731. The van der Waals surface area contributed by atoms with E-state index in [9.17, 15) is 15.0 Å². The van der Waals surface area contributed by atoms with Crippen molar-refractivity contribution in [2.24, 2.45) is 5.92 Å². The second kappa shape index (κ2) is 7.84. The van der Waals surface area contributed by atoms with Gasteiger partial charge in [-0.05, 0) is 80.3 Å². The zero-order chi connectivity index (χ0) is 22.6. The minimum absolute atomic E-state index is 0.0722. The lowest BCUT2D eigenvalue weighted by Crippen LogP contribution is -2.71. The summed E-state index contributed by atoms with van der Waals surface area (Å²) in [7, 11) is 0. The molecular formula is C26H34N4O3. The van der Waals surface area contributed by atoms with Gasteiger partial charge in [-0.15, -0.1) is 0 Å². The molecule has 2 aliphatic heterocycles. The Morgan fingerprint density at radius 1 is 1.15 bits per heavy atom. The number of aromatic hydroxyl groups is 1. The predicted octanol–water partition coefficient (Wildman–Crippen LogP) is 2.31. The van der Waals surface area contributed by atoms with Gasteiger partial charge in [0.05, 0.1) is 5.60 Å². The van der Waals surface area contributed by atoms with Gasteiger partial charge in [-0.2, -0.15) is 5.10 Å². The number of likely N-dealkylation sites (tertiary alicyclic amines) is 2. The second-order valence-corrected chi connectivity index (χ2v) is 10.7. The summed E-state index contributed by atoms with van der Waals surface area (Å²) in [4.78, 5) is 17.6. The minimum Gasteiger partial charge on any atom is -0.508 e. The lowest BCUT2D eigenvalue weighted by Gasteiger charge is -2.61. The molecule has 33 heavy (non-hydrogen) atoms. The molecule has 0 spiro atoms. The number of carbonyl (C=O) groups is 1. The number of aliphatic hydroxyl groups is 1. The van der Waals surface area contributed by atoms with Gasteiger partial charge in [0, 0.05) is 56.5 Å². The fourth-order valence-corrected chi connectivity index (χ4v) is 6.92. The topological polar surface area (TPSA) is 81.8 Å². The van der Waals surface area contributed by atoms with E-state index in [4.69, 9.17) is 0 Å². The van der Waals surface area contributed by atoms with Crippen molar-refractivity contribution in [2.75, 3.05) is 26.2 Å². The highest BCUT2D eigenvalue weighted by molar-refractivity contribution is 5.76. The molecule has 1 amide bonds. The third kappa shape index (κ3) is 3.48. The number of benzene rings is 1. The largest absolute Gasteiger partial charge is 0.508 e. The third-order valence-electron chi connectivity index (χ3n) is 8.90. The number of phenolic OH excluding ortho intramolecular Hbond substituents is 1. The first-order chi connectivity index (χ1) is 16.0. The van der Waals surface area contributed by atoms with E-state index in [1.165, 1.54) is 18.4 Å². The maximum absolute atomic E-state index is 13.1. The van der Waals surface area contributed by atoms with Crippen LogP contribution in [0.2, 0.25) is 0 Å². The number of rotatable bonds is 5. The fraction of sp³-hybridized carbons (Fsp3) is 0.615. The summed E-state index contributed by atoms with van der Waals surface area (Å²) in [5.74, 6) is 1.17. The standard InChI is InChI=1S/C26H34N4O3/c31-21-5-4-20-16-23-26(33)9-15-28(24(32)6-12-30-11-1-10-27-30)13-7-25(26,22(20)17-21)8-14-29(23)18-19-2-3-19/h1,4-5,10-11,17,19,23,31,33H,2-3,6-9,12-16,18H2/t23?,25-,26+/m0/s1. The van der Waals surface area contributed by atoms with E-state index >= 15 is 0 Å². The first-order valence-corrected chi connectivity index (χ1v) is 12.5. The number of nitrogens with zero attached hydrogens (tertiary/aromatic N) is 4. The van der Waals surface area contributed by atoms with E-state index < -0.39 is 11.0 Å². The Labute approximate surface area is 195 Å². The number of fused-ring (bicyclic) bond motifs is 1. The van der Waals surface area contributed by atoms with Gasteiger partial charge in [-0.3, -0.25) is 14.4 Å². The molecule has 0 radical (unpaired) electrons. The van der Waals surface area contributed by atoms with Crippen LogP contribution in [0.3, 0.4) is 0 Å². The molecule has 7 heteroatoms. The van der Waals surface area contributed by atoms with Crippen LogP contribution in [0.1, 0.15) is 49.7 Å². The summed E-state index contributed by atoms with van der Waals surface area (Å²) in [6, 6.07) is 7.67. The summed E-state index contributed by atoms with van der Waals surface area (Å²) in [5.41, 5.74) is 1.05. The minimum atomic E-state index is -0.891. The molecule has 3 heterocycles. The van der Waals surface area contributed by atoms with Crippen LogP contribution < -0.4 is 0 Å². The number of piperidine rings is 1. The molecule has 6 rings (SSSR count). The third-order valence-corrected chi connectivity index (χ3v) is 8.90. The van der Waals surface area contributed by atoms with Gasteiger partial charge in [0.2, 0.25) is 5.91 Å². The van der Waals surface area contributed by atoms with Crippen molar-refractivity contribution in [3.05, 3.63) is 47.8 Å². The van der Waals surface area contributed by atoms with Crippen molar-refractivity contribution in [1.29, 1.82) is 0 Å². The fourth-order valence-electron chi connectivity index (χ4n) is 6.92. The van der Waals surface area contributed by atoms with Crippen molar-refractivity contribution in [3.63, 3.8) is 0 Å². The summed E-state index contributed by atoms with van der Waals surface area (Å²) in [6.45, 7) is 3.85. The van der Waals surface area contributed by atoms with E-state index in [1.807, 2.05) is 23.2 Å². The molecular weight excluding hydrogens is 416 g/mol. The number of aryl methyl sites for hydroxylation is 1. The lowest BCUT2D eigenvalue weighted by molar-refractivity contribution is -0.149. The van der Waals surface area contributed by atoms with Crippen molar-refractivity contribution < 1.29 is 15.0 Å². The van der Waals surface area contributed by atoms with Crippen molar-refractivity contribution >= 4 is 5.91 Å². The van der Waals surface area contributed by atoms with Crippen LogP contribution in [0.25, 0.3) is 0 Å².